The Bertz CT molecular complexity index is 72.5. The van der Waals surface area contributed by atoms with Crippen molar-refractivity contribution in [3.8, 4) is 0 Å². The third-order valence-electron chi connectivity index (χ3n) is 1.74. The van der Waals surface area contributed by atoms with Crippen molar-refractivity contribution in [2.24, 2.45) is 5.92 Å². The Morgan fingerprint density at radius 1 is 1.38 bits per heavy atom. The number of ether oxygens (including phenoxy) is 2. The third-order valence-corrected chi connectivity index (χ3v) is 1.74. The van der Waals surface area contributed by atoms with E-state index in [1.165, 1.54) is 0 Å². The molecule has 2 fully saturated rings. The van der Waals surface area contributed by atoms with Crippen LogP contribution >= 0.6 is 0 Å². The van der Waals surface area contributed by atoms with Crippen LogP contribution in [0.2, 0.25) is 0 Å². The maximum Gasteiger partial charge on any atom is 0.160 e. The molecule has 0 aromatic heterocycles. The maximum atomic E-state index is 5.22. The molecule has 0 bridgehead atoms. The molecule has 0 unspecified atom stereocenters. The van der Waals surface area contributed by atoms with E-state index in [1.807, 2.05) is 0 Å². The summed E-state index contributed by atoms with van der Waals surface area (Å²) in [5.74, 6) is 0.606. The van der Waals surface area contributed by atoms with Crippen molar-refractivity contribution >= 4 is 0 Å². The van der Waals surface area contributed by atoms with Gasteiger partial charge in [0.1, 0.15) is 0 Å². The number of fused-ring (bicyclic) bond motifs is 1. The summed E-state index contributed by atoms with van der Waals surface area (Å²) in [6.45, 7) is 1.67. The summed E-state index contributed by atoms with van der Waals surface area (Å²) in [6, 6.07) is 0. The monoisotopic (exact) mass is 113 g/mol. The predicted octanol–water partition coefficient (Wildman–Crippen LogP) is 0.583. The molecule has 2 aliphatic rings. The van der Waals surface area contributed by atoms with Gasteiger partial charge in [0.15, 0.2) is 6.29 Å². The van der Waals surface area contributed by atoms with E-state index in [1.54, 1.807) is 0 Å². The van der Waals surface area contributed by atoms with Gasteiger partial charge in [0.2, 0.25) is 0 Å². The molecular weight excluding hydrogens is 104 g/mol. The first-order valence-electron chi connectivity index (χ1n) is 3.03. The van der Waals surface area contributed by atoms with Crippen LogP contribution in [-0.2, 0) is 9.47 Å². The number of hydrogen-bond donors (Lipinski definition) is 0. The summed E-state index contributed by atoms with van der Waals surface area (Å²) >= 11 is 0. The van der Waals surface area contributed by atoms with Gasteiger partial charge in [-0.2, -0.15) is 0 Å². The number of rotatable bonds is 0. The van der Waals surface area contributed by atoms with E-state index in [0.717, 1.165) is 19.6 Å². The van der Waals surface area contributed by atoms with Gasteiger partial charge in [-0.1, -0.05) is 0 Å². The summed E-state index contributed by atoms with van der Waals surface area (Å²) < 4.78 is 10.4. The lowest BCUT2D eigenvalue weighted by atomic mass is 10.1. The molecule has 8 heavy (non-hydrogen) atoms. The van der Waals surface area contributed by atoms with E-state index >= 15 is 0 Å². The van der Waals surface area contributed by atoms with Crippen molar-refractivity contribution in [3.63, 3.8) is 0 Å². The fourth-order valence-corrected chi connectivity index (χ4v) is 1.25. The van der Waals surface area contributed by atoms with Gasteiger partial charge < -0.3 is 9.47 Å². The van der Waals surface area contributed by atoms with Crippen molar-refractivity contribution in [1.82, 2.24) is 0 Å². The minimum absolute atomic E-state index is 0.120. The van der Waals surface area contributed by atoms with Gasteiger partial charge in [0.05, 0.1) is 13.2 Å². The topological polar surface area (TPSA) is 18.5 Å². The molecule has 1 radical (unpaired) electrons. The smallest absolute Gasteiger partial charge is 0.160 e. The average Bonchev–Trinajstić information content (AvgIpc) is 2.15. The van der Waals surface area contributed by atoms with Crippen molar-refractivity contribution in [2.45, 2.75) is 12.7 Å². The highest BCUT2D eigenvalue weighted by Gasteiger charge is 2.33. The Balaban J connectivity index is 2.04. The van der Waals surface area contributed by atoms with Crippen molar-refractivity contribution in [3.05, 3.63) is 6.42 Å². The fourth-order valence-electron chi connectivity index (χ4n) is 1.25. The SMILES string of the molecule is [CH]1CO[C@H]2OCC[C@@H]12. The zero-order valence-corrected chi connectivity index (χ0v) is 4.67. The van der Waals surface area contributed by atoms with Crippen molar-refractivity contribution in [2.75, 3.05) is 13.2 Å². The molecule has 0 aromatic rings. The molecule has 2 heteroatoms. The Morgan fingerprint density at radius 2 is 2.38 bits per heavy atom. The van der Waals surface area contributed by atoms with E-state index in [0.29, 0.717) is 5.92 Å². The first-order valence-corrected chi connectivity index (χ1v) is 3.03. The van der Waals surface area contributed by atoms with E-state index in [9.17, 15) is 0 Å². The van der Waals surface area contributed by atoms with Gasteiger partial charge in [0.25, 0.3) is 0 Å². The Hall–Kier alpha value is -0.0800. The van der Waals surface area contributed by atoms with Gasteiger partial charge in [-0.05, 0) is 12.8 Å². The normalized spacial score (nSPS) is 45.0. The summed E-state index contributed by atoms with van der Waals surface area (Å²) in [4.78, 5) is 0. The lowest BCUT2D eigenvalue weighted by Crippen LogP contribution is -2.09. The van der Waals surface area contributed by atoms with Gasteiger partial charge in [-0.15, -0.1) is 0 Å². The lowest BCUT2D eigenvalue weighted by Gasteiger charge is -2.03. The molecule has 2 rings (SSSR count). The molecule has 2 heterocycles. The number of hydrogen-bond acceptors (Lipinski definition) is 2. The van der Waals surface area contributed by atoms with Crippen LogP contribution in [0.1, 0.15) is 6.42 Å². The van der Waals surface area contributed by atoms with Gasteiger partial charge >= 0.3 is 0 Å². The van der Waals surface area contributed by atoms with Crippen LogP contribution in [0.4, 0.5) is 0 Å². The van der Waals surface area contributed by atoms with E-state index in [2.05, 4.69) is 6.42 Å². The van der Waals surface area contributed by atoms with Crippen LogP contribution in [0, 0.1) is 12.3 Å². The standard InChI is InChI=1S/C6H9O2/c1-3-7-6-5(1)2-4-8-6/h1,5-6H,2-4H2/t5-,6+/m1/s1. The van der Waals surface area contributed by atoms with Crippen LogP contribution in [0.25, 0.3) is 0 Å². The molecular formula is C6H9O2. The maximum absolute atomic E-state index is 5.22. The van der Waals surface area contributed by atoms with Gasteiger partial charge in [-0.25, -0.2) is 0 Å². The van der Waals surface area contributed by atoms with E-state index in [-0.39, 0.29) is 6.29 Å². The van der Waals surface area contributed by atoms with Crippen molar-refractivity contribution in [1.29, 1.82) is 0 Å². The van der Waals surface area contributed by atoms with E-state index < -0.39 is 0 Å². The fraction of sp³-hybridized carbons (Fsp3) is 0.833. The molecule has 0 N–H and O–H groups in total. The largest absolute Gasteiger partial charge is 0.352 e. The molecule has 0 amide bonds. The first kappa shape index (κ1) is 4.77. The Morgan fingerprint density at radius 3 is 3.25 bits per heavy atom. The zero-order chi connectivity index (χ0) is 5.40. The molecule has 0 spiro atoms. The first-order chi connectivity index (χ1) is 3.97. The second-order valence-electron chi connectivity index (χ2n) is 2.26. The summed E-state index contributed by atoms with van der Waals surface area (Å²) in [6.07, 6.45) is 3.47. The van der Waals surface area contributed by atoms with Crippen LogP contribution in [0.3, 0.4) is 0 Å². The minimum Gasteiger partial charge on any atom is -0.352 e. The molecule has 0 saturated carbocycles. The average molecular weight is 113 g/mol. The Kier molecular flexibility index (Phi) is 1.02. The second-order valence-corrected chi connectivity index (χ2v) is 2.26. The van der Waals surface area contributed by atoms with E-state index in [4.69, 9.17) is 9.47 Å². The quantitative estimate of drug-likeness (QED) is 0.457. The highest BCUT2D eigenvalue weighted by atomic mass is 16.7. The summed E-state index contributed by atoms with van der Waals surface area (Å²) in [5.41, 5.74) is 0. The molecule has 2 aliphatic heterocycles. The van der Waals surface area contributed by atoms with Gasteiger partial charge in [0, 0.05) is 5.92 Å². The molecule has 2 atom stereocenters. The minimum atomic E-state index is 0.120. The Labute approximate surface area is 48.8 Å². The second kappa shape index (κ2) is 1.71. The van der Waals surface area contributed by atoms with Gasteiger partial charge in [-0.3, -0.25) is 0 Å². The van der Waals surface area contributed by atoms with Crippen LogP contribution in [-0.4, -0.2) is 19.5 Å². The lowest BCUT2D eigenvalue weighted by molar-refractivity contribution is -0.0904. The third kappa shape index (κ3) is 0.565. The summed E-state index contributed by atoms with van der Waals surface area (Å²) in [5, 5.41) is 0. The highest BCUT2D eigenvalue weighted by Crippen LogP contribution is 2.29. The molecule has 2 nitrogen and oxygen atoms in total. The van der Waals surface area contributed by atoms with Crippen LogP contribution in [0.5, 0.6) is 0 Å². The molecule has 45 valence electrons. The molecule has 2 saturated heterocycles. The molecule has 0 aliphatic carbocycles. The zero-order valence-electron chi connectivity index (χ0n) is 4.67. The highest BCUT2D eigenvalue weighted by molar-refractivity contribution is 4.87. The van der Waals surface area contributed by atoms with Crippen LogP contribution in [0.15, 0.2) is 0 Å². The molecule has 0 aromatic carbocycles. The summed E-state index contributed by atoms with van der Waals surface area (Å²) in [7, 11) is 0. The predicted molar refractivity (Wildman–Crippen MR) is 28.1 cm³/mol. The van der Waals surface area contributed by atoms with Crippen LogP contribution < -0.4 is 0 Å². The van der Waals surface area contributed by atoms with Crippen molar-refractivity contribution < 1.29 is 9.47 Å².